The summed E-state index contributed by atoms with van der Waals surface area (Å²) in [5.41, 5.74) is 8.22. The van der Waals surface area contributed by atoms with Crippen LogP contribution in [0.2, 0.25) is 0 Å². The van der Waals surface area contributed by atoms with E-state index >= 15 is 0 Å². The van der Waals surface area contributed by atoms with E-state index in [0.29, 0.717) is 6.61 Å². The lowest BCUT2D eigenvalue weighted by atomic mass is 10.1. The highest BCUT2D eigenvalue weighted by atomic mass is 16.5. The fraction of sp³-hybridized carbons (Fsp3) is 0.538. The molecule has 0 aromatic heterocycles. The van der Waals surface area contributed by atoms with E-state index in [2.05, 4.69) is 39.0 Å². The van der Waals surface area contributed by atoms with Crippen LogP contribution in [0.1, 0.15) is 30.9 Å². The molecule has 0 aliphatic heterocycles. The predicted octanol–water partition coefficient (Wildman–Crippen LogP) is 2.81. The Morgan fingerprint density at radius 1 is 1.27 bits per heavy atom. The minimum Gasteiger partial charge on any atom is -0.493 e. The van der Waals surface area contributed by atoms with E-state index in [1.54, 1.807) is 0 Å². The molecular formula is C13H21NO. The van der Waals surface area contributed by atoms with E-state index in [1.165, 1.54) is 11.1 Å². The van der Waals surface area contributed by atoms with E-state index in [9.17, 15) is 0 Å². The maximum Gasteiger partial charge on any atom is 0.125 e. The van der Waals surface area contributed by atoms with Crippen molar-refractivity contribution in [3.8, 4) is 5.75 Å². The van der Waals surface area contributed by atoms with Gasteiger partial charge in [0.15, 0.2) is 0 Å². The molecular weight excluding hydrogens is 186 g/mol. The zero-order valence-corrected chi connectivity index (χ0v) is 9.92. The standard InChI is InChI=1S/C13H21NO/c1-4-12(14)8-9-15-13-10(2)6-5-7-11(13)3/h5-7,12H,4,8-9,14H2,1-3H3. The summed E-state index contributed by atoms with van der Waals surface area (Å²) in [4.78, 5) is 0. The lowest BCUT2D eigenvalue weighted by Gasteiger charge is -2.13. The number of rotatable bonds is 5. The van der Waals surface area contributed by atoms with Crippen LogP contribution in [0.15, 0.2) is 18.2 Å². The molecule has 0 aliphatic rings. The molecule has 84 valence electrons. The quantitative estimate of drug-likeness (QED) is 0.805. The molecule has 0 bridgehead atoms. The molecule has 0 aliphatic carbocycles. The van der Waals surface area contributed by atoms with Gasteiger partial charge < -0.3 is 10.5 Å². The van der Waals surface area contributed by atoms with Crippen molar-refractivity contribution in [1.29, 1.82) is 0 Å². The number of hydrogen-bond acceptors (Lipinski definition) is 2. The number of para-hydroxylation sites is 1. The summed E-state index contributed by atoms with van der Waals surface area (Å²) in [6, 6.07) is 6.45. The monoisotopic (exact) mass is 207 g/mol. The molecule has 1 unspecified atom stereocenters. The molecule has 0 radical (unpaired) electrons. The maximum absolute atomic E-state index is 5.83. The summed E-state index contributed by atoms with van der Waals surface area (Å²) < 4.78 is 5.76. The van der Waals surface area contributed by atoms with Crippen LogP contribution in [0, 0.1) is 13.8 Å². The predicted molar refractivity (Wildman–Crippen MR) is 64.3 cm³/mol. The lowest BCUT2D eigenvalue weighted by molar-refractivity contribution is 0.292. The Morgan fingerprint density at radius 3 is 2.40 bits per heavy atom. The molecule has 1 rings (SSSR count). The van der Waals surface area contributed by atoms with Crippen molar-refractivity contribution in [2.75, 3.05) is 6.61 Å². The Hall–Kier alpha value is -1.02. The first-order chi connectivity index (χ1) is 7.15. The van der Waals surface area contributed by atoms with Crippen LogP contribution in [0.5, 0.6) is 5.75 Å². The molecule has 2 heteroatoms. The molecule has 1 atom stereocenters. The molecule has 0 heterocycles. The molecule has 0 spiro atoms. The number of ether oxygens (including phenoxy) is 1. The minimum atomic E-state index is 0.259. The van der Waals surface area contributed by atoms with Crippen LogP contribution >= 0.6 is 0 Å². The van der Waals surface area contributed by atoms with Gasteiger partial charge >= 0.3 is 0 Å². The number of benzene rings is 1. The summed E-state index contributed by atoms with van der Waals surface area (Å²) in [7, 11) is 0. The smallest absolute Gasteiger partial charge is 0.125 e. The van der Waals surface area contributed by atoms with Gasteiger partial charge in [-0.15, -0.1) is 0 Å². The van der Waals surface area contributed by atoms with Gasteiger partial charge in [-0.3, -0.25) is 0 Å². The molecule has 0 saturated carbocycles. The number of nitrogens with two attached hydrogens (primary N) is 1. The van der Waals surface area contributed by atoms with Crippen molar-refractivity contribution in [1.82, 2.24) is 0 Å². The highest BCUT2D eigenvalue weighted by Crippen LogP contribution is 2.22. The number of aryl methyl sites for hydroxylation is 2. The fourth-order valence-corrected chi connectivity index (χ4v) is 1.54. The van der Waals surface area contributed by atoms with Crippen LogP contribution in [0.25, 0.3) is 0 Å². The zero-order valence-electron chi connectivity index (χ0n) is 9.92. The largest absolute Gasteiger partial charge is 0.493 e. The van der Waals surface area contributed by atoms with Crippen molar-refractivity contribution in [3.63, 3.8) is 0 Å². The van der Waals surface area contributed by atoms with Crippen molar-refractivity contribution in [2.45, 2.75) is 39.7 Å². The summed E-state index contributed by atoms with van der Waals surface area (Å²) in [5.74, 6) is 1.01. The Kier molecular flexibility index (Phi) is 4.63. The third kappa shape index (κ3) is 3.56. The van der Waals surface area contributed by atoms with Crippen LogP contribution < -0.4 is 10.5 Å². The molecule has 0 amide bonds. The summed E-state index contributed by atoms with van der Waals surface area (Å²) >= 11 is 0. The molecule has 2 nitrogen and oxygen atoms in total. The highest BCUT2D eigenvalue weighted by molar-refractivity contribution is 5.39. The second kappa shape index (κ2) is 5.76. The van der Waals surface area contributed by atoms with Gasteiger partial charge in [0.25, 0.3) is 0 Å². The van der Waals surface area contributed by atoms with E-state index in [4.69, 9.17) is 10.5 Å². The molecule has 1 aromatic rings. The first-order valence-electron chi connectivity index (χ1n) is 5.59. The van der Waals surface area contributed by atoms with Crippen LogP contribution in [0.3, 0.4) is 0 Å². The lowest BCUT2D eigenvalue weighted by Crippen LogP contribution is -2.21. The Morgan fingerprint density at radius 2 is 1.87 bits per heavy atom. The highest BCUT2D eigenvalue weighted by Gasteiger charge is 2.04. The topological polar surface area (TPSA) is 35.2 Å². The van der Waals surface area contributed by atoms with E-state index in [-0.39, 0.29) is 6.04 Å². The second-order valence-corrected chi connectivity index (χ2v) is 4.03. The first kappa shape index (κ1) is 12.1. The molecule has 2 N–H and O–H groups in total. The van der Waals surface area contributed by atoms with Gasteiger partial charge in [-0.2, -0.15) is 0 Å². The average Bonchev–Trinajstić information content (AvgIpc) is 2.22. The van der Waals surface area contributed by atoms with Gasteiger partial charge in [-0.05, 0) is 37.8 Å². The van der Waals surface area contributed by atoms with Gasteiger partial charge in [-0.1, -0.05) is 25.1 Å². The third-order valence-corrected chi connectivity index (χ3v) is 2.67. The van der Waals surface area contributed by atoms with Crippen LogP contribution in [-0.2, 0) is 0 Å². The van der Waals surface area contributed by atoms with E-state index < -0.39 is 0 Å². The first-order valence-corrected chi connectivity index (χ1v) is 5.59. The van der Waals surface area contributed by atoms with Gasteiger partial charge in [-0.25, -0.2) is 0 Å². The summed E-state index contributed by atoms with van der Waals surface area (Å²) in [5, 5.41) is 0. The maximum atomic E-state index is 5.83. The zero-order chi connectivity index (χ0) is 11.3. The van der Waals surface area contributed by atoms with Crippen molar-refractivity contribution in [2.24, 2.45) is 5.73 Å². The Bertz CT molecular complexity index is 289. The van der Waals surface area contributed by atoms with Crippen molar-refractivity contribution in [3.05, 3.63) is 29.3 Å². The van der Waals surface area contributed by atoms with E-state index in [1.807, 2.05) is 0 Å². The molecule has 0 fully saturated rings. The van der Waals surface area contributed by atoms with Gasteiger partial charge in [0.2, 0.25) is 0 Å². The normalized spacial score (nSPS) is 12.5. The van der Waals surface area contributed by atoms with E-state index in [0.717, 1.165) is 18.6 Å². The van der Waals surface area contributed by atoms with Crippen molar-refractivity contribution >= 4 is 0 Å². The Labute approximate surface area is 92.4 Å². The van der Waals surface area contributed by atoms with Crippen LogP contribution in [-0.4, -0.2) is 12.6 Å². The SMILES string of the molecule is CCC(N)CCOc1c(C)cccc1C. The summed E-state index contributed by atoms with van der Waals surface area (Å²) in [6.07, 6.45) is 1.93. The second-order valence-electron chi connectivity index (χ2n) is 4.03. The van der Waals surface area contributed by atoms with Gasteiger partial charge in [0, 0.05) is 6.04 Å². The molecule has 1 aromatic carbocycles. The van der Waals surface area contributed by atoms with Crippen LogP contribution in [0.4, 0.5) is 0 Å². The van der Waals surface area contributed by atoms with Gasteiger partial charge in [0.1, 0.15) is 5.75 Å². The Balaban J connectivity index is 2.50. The molecule has 0 saturated heterocycles. The average molecular weight is 207 g/mol. The molecule has 15 heavy (non-hydrogen) atoms. The minimum absolute atomic E-state index is 0.259. The summed E-state index contributed by atoms with van der Waals surface area (Å²) in [6.45, 7) is 6.95. The van der Waals surface area contributed by atoms with Gasteiger partial charge in [0.05, 0.1) is 6.61 Å². The fourth-order valence-electron chi connectivity index (χ4n) is 1.54. The van der Waals surface area contributed by atoms with Crippen molar-refractivity contribution < 1.29 is 4.74 Å². The third-order valence-electron chi connectivity index (χ3n) is 2.67. The number of hydrogen-bond donors (Lipinski definition) is 1.